The van der Waals surface area contributed by atoms with E-state index in [-0.39, 0.29) is 6.04 Å². The van der Waals surface area contributed by atoms with Gasteiger partial charge >= 0.3 is 0 Å². The van der Waals surface area contributed by atoms with Gasteiger partial charge in [0.15, 0.2) is 11.6 Å². The zero-order valence-electron chi connectivity index (χ0n) is 15.0. The highest BCUT2D eigenvalue weighted by atomic mass is 35.5. The van der Waals surface area contributed by atoms with Crippen LogP contribution in [0.25, 0.3) is 5.65 Å². The van der Waals surface area contributed by atoms with Gasteiger partial charge in [-0.15, -0.1) is 10.2 Å². The van der Waals surface area contributed by atoms with Gasteiger partial charge < -0.3 is 10.6 Å². The van der Waals surface area contributed by atoms with Crippen molar-refractivity contribution in [2.45, 2.75) is 25.8 Å². The Kier molecular flexibility index (Phi) is 6.07. The van der Waals surface area contributed by atoms with E-state index >= 15 is 0 Å². The third-order valence-electron chi connectivity index (χ3n) is 4.20. The maximum absolute atomic E-state index is 6.26. The highest BCUT2D eigenvalue weighted by Gasteiger charge is 2.11. The minimum Gasteiger partial charge on any atom is -0.356 e. The zero-order chi connectivity index (χ0) is 18.4. The molecule has 0 fully saturated rings. The van der Waals surface area contributed by atoms with Crippen molar-refractivity contribution in [2.24, 2.45) is 4.99 Å². The highest BCUT2D eigenvalue weighted by Crippen LogP contribution is 2.21. The largest absolute Gasteiger partial charge is 0.356 e. The van der Waals surface area contributed by atoms with Crippen molar-refractivity contribution in [3.63, 3.8) is 0 Å². The van der Waals surface area contributed by atoms with Crippen molar-refractivity contribution in [3.05, 3.63) is 65.1 Å². The van der Waals surface area contributed by atoms with E-state index < -0.39 is 0 Å². The Hall–Kier alpha value is -2.60. The van der Waals surface area contributed by atoms with Crippen LogP contribution in [-0.4, -0.2) is 34.2 Å². The molecular formula is C19H23ClN6. The third-order valence-corrected chi connectivity index (χ3v) is 4.55. The first-order valence-electron chi connectivity index (χ1n) is 8.69. The van der Waals surface area contributed by atoms with Crippen LogP contribution in [0.1, 0.15) is 30.8 Å². The number of halogens is 1. The molecule has 1 atom stereocenters. The van der Waals surface area contributed by atoms with Gasteiger partial charge in [-0.2, -0.15) is 0 Å². The first kappa shape index (κ1) is 18.2. The van der Waals surface area contributed by atoms with Crippen LogP contribution in [0.3, 0.4) is 0 Å². The first-order chi connectivity index (χ1) is 12.7. The molecule has 1 aromatic carbocycles. The predicted octanol–water partition coefficient (Wildman–Crippen LogP) is 3.24. The summed E-state index contributed by atoms with van der Waals surface area (Å²) < 4.78 is 2.02. The lowest BCUT2D eigenvalue weighted by atomic mass is 10.1. The van der Waals surface area contributed by atoms with Gasteiger partial charge in [-0.3, -0.25) is 9.39 Å². The van der Waals surface area contributed by atoms with Crippen molar-refractivity contribution >= 4 is 23.2 Å². The van der Waals surface area contributed by atoms with Gasteiger partial charge in [-0.25, -0.2) is 0 Å². The van der Waals surface area contributed by atoms with E-state index in [1.54, 1.807) is 7.05 Å². The Morgan fingerprint density at radius 2 is 2.00 bits per heavy atom. The van der Waals surface area contributed by atoms with Gasteiger partial charge in [0.1, 0.15) is 5.82 Å². The number of pyridine rings is 1. The van der Waals surface area contributed by atoms with Crippen molar-refractivity contribution in [1.29, 1.82) is 0 Å². The van der Waals surface area contributed by atoms with Crippen LogP contribution in [0.2, 0.25) is 5.02 Å². The van der Waals surface area contributed by atoms with Crippen molar-refractivity contribution in [1.82, 2.24) is 25.2 Å². The van der Waals surface area contributed by atoms with Crippen LogP contribution in [0.4, 0.5) is 0 Å². The monoisotopic (exact) mass is 370 g/mol. The minimum atomic E-state index is 0.0651. The molecule has 0 saturated heterocycles. The molecule has 26 heavy (non-hydrogen) atoms. The number of nitrogens with zero attached hydrogens (tertiary/aromatic N) is 4. The summed E-state index contributed by atoms with van der Waals surface area (Å²) in [5.41, 5.74) is 1.92. The van der Waals surface area contributed by atoms with Crippen molar-refractivity contribution < 1.29 is 0 Å². The Labute approximate surface area is 158 Å². The van der Waals surface area contributed by atoms with E-state index in [1.807, 2.05) is 53.1 Å². The van der Waals surface area contributed by atoms with Gasteiger partial charge in [0.05, 0.1) is 6.04 Å². The summed E-state index contributed by atoms with van der Waals surface area (Å²) in [5.74, 6) is 1.72. The van der Waals surface area contributed by atoms with Gasteiger partial charge in [0.25, 0.3) is 0 Å². The number of rotatable bonds is 6. The van der Waals surface area contributed by atoms with E-state index in [9.17, 15) is 0 Å². The third kappa shape index (κ3) is 4.32. The van der Waals surface area contributed by atoms with Gasteiger partial charge in [-0.05, 0) is 37.1 Å². The number of benzene rings is 1. The van der Waals surface area contributed by atoms with E-state index in [0.29, 0.717) is 0 Å². The molecule has 0 aliphatic carbocycles. The summed E-state index contributed by atoms with van der Waals surface area (Å²) in [5, 5.41) is 15.9. The number of hydrogen-bond donors (Lipinski definition) is 2. The second kappa shape index (κ2) is 8.67. The summed E-state index contributed by atoms with van der Waals surface area (Å²) in [7, 11) is 1.76. The van der Waals surface area contributed by atoms with Crippen LogP contribution < -0.4 is 10.6 Å². The van der Waals surface area contributed by atoms with Crippen molar-refractivity contribution in [2.75, 3.05) is 13.6 Å². The summed E-state index contributed by atoms with van der Waals surface area (Å²) in [4.78, 5) is 4.29. The number of aromatic nitrogens is 3. The summed E-state index contributed by atoms with van der Waals surface area (Å²) >= 11 is 6.26. The number of aryl methyl sites for hydroxylation is 1. The van der Waals surface area contributed by atoms with Crippen LogP contribution in [-0.2, 0) is 6.42 Å². The van der Waals surface area contributed by atoms with E-state index in [4.69, 9.17) is 11.6 Å². The standard InChI is InChI=1S/C19H23ClN6/c1-14(15-8-3-4-9-16(15)20)23-19(21-2)22-12-7-11-18-25-24-17-10-5-6-13-26(17)18/h3-6,8-10,13-14H,7,11-12H2,1-2H3,(H2,21,22,23). The number of guanidine groups is 1. The molecule has 0 bridgehead atoms. The summed E-state index contributed by atoms with van der Waals surface area (Å²) in [6, 6.07) is 13.8. The normalized spacial score (nSPS) is 13.0. The molecule has 7 heteroatoms. The SMILES string of the molecule is CN=C(NCCCc1nnc2ccccn12)NC(C)c1ccccc1Cl. The lowest BCUT2D eigenvalue weighted by Crippen LogP contribution is -2.39. The zero-order valence-corrected chi connectivity index (χ0v) is 15.7. The fraction of sp³-hybridized carbons (Fsp3) is 0.316. The fourth-order valence-electron chi connectivity index (χ4n) is 2.82. The predicted molar refractivity (Wildman–Crippen MR) is 106 cm³/mol. The lowest BCUT2D eigenvalue weighted by Gasteiger charge is -2.19. The number of nitrogens with one attached hydrogen (secondary N) is 2. The second-order valence-corrected chi connectivity index (χ2v) is 6.44. The second-order valence-electron chi connectivity index (χ2n) is 6.04. The van der Waals surface area contributed by atoms with Crippen LogP contribution >= 0.6 is 11.6 Å². The molecule has 2 N–H and O–H groups in total. The lowest BCUT2D eigenvalue weighted by molar-refractivity contribution is 0.667. The van der Waals surface area contributed by atoms with Crippen molar-refractivity contribution in [3.8, 4) is 0 Å². The maximum atomic E-state index is 6.26. The first-order valence-corrected chi connectivity index (χ1v) is 9.07. The van der Waals surface area contributed by atoms with Crippen LogP contribution in [0.5, 0.6) is 0 Å². The molecule has 3 aromatic rings. The van der Waals surface area contributed by atoms with Crippen LogP contribution in [0, 0.1) is 0 Å². The van der Waals surface area contributed by atoms with E-state index in [0.717, 1.165) is 47.4 Å². The molecule has 0 radical (unpaired) electrons. The van der Waals surface area contributed by atoms with E-state index in [2.05, 4.69) is 32.7 Å². The number of aliphatic imine (C=N–C) groups is 1. The Morgan fingerprint density at radius 1 is 1.19 bits per heavy atom. The smallest absolute Gasteiger partial charge is 0.191 e. The molecule has 0 aliphatic heterocycles. The molecule has 6 nitrogen and oxygen atoms in total. The summed E-state index contributed by atoms with van der Waals surface area (Å²) in [6.07, 6.45) is 3.76. The number of fused-ring (bicyclic) bond motifs is 1. The molecule has 136 valence electrons. The van der Waals surface area contributed by atoms with Gasteiger partial charge in [-0.1, -0.05) is 35.9 Å². The molecule has 0 spiro atoms. The Morgan fingerprint density at radius 3 is 2.81 bits per heavy atom. The average Bonchev–Trinajstić information content (AvgIpc) is 3.07. The molecule has 0 amide bonds. The topological polar surface area (TPSA) is 66.6 Å². The minimum absolute atomic E-state index is 0.0651. The quantitative estimate of drug-likeness (QED) is 0.397. The van der Waals surface area contributed by atoms with Gasteiger partial charge in [0, 0.05) is 31.2 Å². The molecule has 0 aliphatic rings. The Balaban J connectivity index is 1.49. The maximum Gasteiger partial charge on any atom is 0.191 e. The Bertz CT molecular complexity index is 888. The average molecular weight is 371 g/mol. The summed E-state index contributed by atoms with van der Waals surface area (Å²) in [6.45, 7) is 2.85. The molecule has 1 unspecified atom stereocenters. The molecule has 3 rings (SSSR count). The molecule has 2 aromatic heterocycles. The molecular weight excluding hydrogens is 348 g/mol. The van der Waals surface area contributed by atoms with Crippen LogP contribution in [0.15, 0.2) is 53.7 Å². The molecule has 0 saturated carbocycles. The molecule has 2 heterocycles. The fourth-order valence-corrected chi connectivity index (χ4v) is 3.12. The van der Waals surface area contributed by atoms with E-state index in [1.165, 1.54) is 0 Å². The highest BCUT2D eigenvalue weighted by molar-refractivity contribution is 6.31. The van der Waals surface area contributed by atoms with Gasteiger partial charge in [0.2, 0.25) is 0 Å². The number of hydrogen-bond acceptors (Lipinski definition) is 3.